The van der Waals surface area contributed by atoms with Crippen LogP contribution in [0.1, 0.15) is 16.7 Å². The van der Waals surface area contributed by atoms with Gasteiger partial charge in [0.1, 0.15) is 6.61 Å². The molecule has 0 aliphatic heterocycles. The molecule has 31 heavy (non-hydrogen) atoms. The van der Waals surface area contributed by atoms with Crippen molar-refractivity contribution in [3.8, 4) is 28.7 Å². The Hall–Kier alpha value is -3.66. The summed E-state index contributed by atoms with van der Waals surface area (Å²) in [5, 5.41) is 0. The van der Waals surface area contributed by atoms with Crippen LogP contribution in [0.3, 0.4) is 0 Å². The topological polar surface area (TPSA) is 36.9 Å². The Bertz CT molecular complexity index is 1020. The summed E-state index contributed by atoms with van der Waals surface area (Å²) in [5.41, 5.74) is 3.16. The summed E-state index contributed by atoms with van der Waals surface area (Å²) in [4.78, 5) is 0. The van der Waals surface area contributed by atoms with Gasteiger partial charge in [0, 0.05) is 0 Å². The molecule has 0 saturated carbocycles. The van der Waals surface area contributed by atoms with E-state index < -0.39 is 0 Å². The zero-order valence-electron chi connectivity index (χ0n) is 18.1. The van der Waals surface area contributed by atoms with Gasteiger partial charge in [0.05, 0.1) is 14.2 Å². The van der Waals surface area contributed by atoms with Crippen molar-refractivity contribution in [1.29, 1.82) is 0 Å². The van der Waals surface area contributed by atoms with Crippen LogP contribution in [-0.2, 0) is 19.4 Å². The van der Waals surface area contributed by atoms with Crippen LogP contribution in [0.4, 0.5) is 0 Å². The smallest absolute Gasteiger partial charge is 0.204 e. The Morgan fingerprint density at radius 2 is 1.32 bits per heavy atom. The summed E-state index contributed by atoms with van der Waals surface area (Å²) in [6, 6.07) is 19.7. The first-order valence-electron chi connectivity index (χ1n) is 10.1. The Morgan fingerprint density at radius 3 is 2.00 bits per heavy atom. The van der Waals surface area contributed by atoms with Crippen molar-refractivity contribution in [3.05, 3.63) is 103 Å². The molecule has 0 atom stereocenters. The third kappa shape index (κ3) is 5.70. The second kappa shape index (κ2) is 10.9. The third-order valence-electron chi connectivity index (χ3n) is 4.73. The van der Waals surface area contributed by atoms with Gasteiger partial charge in [-0.05, 0) is 53.8 Å². The minimum Gasteiger partial charge on any atom is -0.493 e. The first-order valence-corrected chi connectivity index (χ1v) is 10.1. The molecule has 0 aliphatic rings. The van der Waals surface area contributed by atoms with Crippen LogP contribution < -0.4 is 18.9 Å². The van der Waals surface area contributed by atoms with Crippen LogP contribution in [0.2, 0.25) is 0 Å². The predicted octanol–water partition coefficient (Wildman–Crippen LogP) is 6.53. The maximum absolute atomic E-state index is 6.29. The molecular formula is C27H28O4. The highest BCUT2D eigenvalue weighted by molar-refractivity contribution is 5.57. The lowest BCUT2D eigenvalue weighted by Gasteiger charge is -2.18. The number of benzene rings is 3. The SMILES string of the molecule is C=CCc1ccc(Oc2cc(CC=C)cc(OC)c2OCc2ccccc2)c(OC)c1. The van der Waals surface area contributed by atoms with Gasteiger partial charge in [-0.3, -0.25) is 0 Å². The van der Waals surface area contributed by atoms with E-state index in [0.717, 1.165) is 23.1 Å². The van der Waals surface area contributed by atoms with Crippen LogP contribution in [0.15, 0.2) is 86.0 Å². The molecular weight excluding hydrogens is 388 g/mol. The molecule has 0 amide bonds. The van der Waals surface area contributed by atoms with Crippen molar-refractivity contribution in [2.75, 3.05) is 14.2 Å². The number of hydrogen-bond donors (Lipinski definition) is 0. The number of allylic oxidation sites excluding steroid dienone is 2. The molecule has 0 bridgehead atoms. The highest BCUT2D eigenvalue weighted by Gasteiger charge is 2.17. The zero-order chi connectivity index (χ0) is 22.1. The molecule has 0 fully saturated rings. The molecule has 0 unspecified atom stereocenters. The lowest BCUT2D eigenvalue weighted by molar-refractivity contribution is 0.269. The van der Waals surface area contributed by atoms with Crippen molar-refractivity contribution in [3.63, 3.8) is 0 Å². The van der Waals surface area contributed by atoms with Crippen molar-refractivity contribution in [2.45, 2.75) is 19.4 Å². The van der Waals surface area contributed by atoms with Crippen molar-refractivity contribution >= 4 is 0 Å². The van der Waals surface area contributed by atoms with Gasteiger partial charge >= 0.3 is 0 Å². The van der Waals surface area contributed by atoms with Crippen LogP contribution in [0.5, 0.6) is 28.7 Å². The van der Waals surface area contributed by atoms with E-state index >= 15 is 0 Å². The van der Waals surface area contributed by atoms with E-state index in [0.29, 0.717) is 41.8 Å². The first-order chi connectivity index (χ1) is 15.2. The third-order valence-corrected chi connectivity index (χ3v) is 4.73. The number of hydrogen-bond acceptors (Lipinski definition) is 4. The van der Waals surface area contributed by atoms with Gasteiger partial charge < -0.3 is 18.9 Å². The molecule has 4 heteroatoms. The molecule has 0 radical (unpaired) electrons. The highest BCUT2D eigenvalue weighted by atomic mass is 16.5. The molecule has 0 N–H and O–H groups in total. The van der Waals surface area contributed by atoms with E-state index in [1.807, 2.05) is 72.8 Å². The maximum Gasteiger partial charge on any atom is 0.204 e. The van der Waals surface area contributed by atoms with Crippen LogP contribution in [0, 0.1) is 0 Å². The molecule has 0 saturated heterocycles. The Kier molecular flexibility index (Phi) is 7.77. The normalized spacial score (nSPS) is 10.3. The van der Waals surface area contributed by atoms with E-state index in [-0.39, 0.29) is 0 Å². The number of ether oxygens (including phenoxy) is 4. The minimum atomic E-state index is 0.393. The first kappa shape index (κ1) is 22.0. The molecule has 0 aliphatic carbocycles. The van der Waals surface area contributed by atoms with Gasteiger partial charge in [-0.15, -0.1) is 13.2 Å². The van der Waals surface area contributed by atoms with Crippen molar-refractivity contribution < 1.29 is 18.9 Å². The molecule has 160 valence electrons. The summed E-state index contributed by atoms with van der Waals surface area (Å²) in [6.07, 6.45) is 5.13. The maximum atomic E-state index is 6.29. The van der Waals surface area contributed by atoms with Gasteiger partial charge in [0.2, 0.25) is 5.75 Å². The average Bonchev–Trinajstić information content (AvgIpc) is 2.80. The molecule has 0 aromatic heterocycles. The lowest BCUT2D eigenvalue weighted by Crippen LogP contribution is -2.02. The summed E-state index contributed by atoms with van der Waals surface area (Å²) >= 11 is 0. The Labute approximate surface area is 184 Å². The summed E-state index contributed by atoms with van der Waals surface area (Å²) in [5.74, 6) is 2.94. The van der Waals surface area contributed by atoms with Gasteiger partial charge in [-0.1, -0.05) is 48.6 Å². The fourth-order valence-corrected chi connectivity index (χ4v) is 3.22. The van der Waals surface area contributed by atoms with Crippen LogP contribution in [0.25, 0.3) is 0 Å². The highest BCUT2D eigenvalue weighted by Crippen LogP contribution is 2.43. The van der Waals surface area contributed by atoms with Gasteiger partial charge in [-0.2, -0.15) is 0 Å². The number of rotatable bonds is 11. The van der Waals surface area contributed by atoms with E-state index in [9.17, 15) is 0 Å². The quantitative estimate of drug-likeness (QED) is 0.333. The second-order valence-corrected chi connectivity index (χ2v) is 6.97. The van der Waals surface area contributed by atoms with E-state index in [1.165, 1.54) is 0 Å². The zero-order valence-corrected chi connectivity index (χ0v) is 18.1. The average molecular weight is 417 g/mol. The monoisotopic (exact) mass is 416 g/mol. The minimum absolute atomic E-state index is 0.393. The molecule has 0 heterocycles. The molecule has 3 rings (SSSR count). The van der Waals surface area contributed by atoms with Crippen LogP contribution >= 0.6 is 0 Å². The standard InChI is InChI=1S/C27H28O4/c1-5-10-20-14-15-23(24(16-20)28-3)31-26-18-22(11-6-2)17-25(29-4)27(26)30-19-21-12-8-7-9-13-21/h5-9,12-18H,1-2,10-11,19H2,3-4H3. The largest absolute Gasteiger partial charge is 0.493 e. The van der Waals surface area contributed by atoms with Crippen molar-refractivity contribution in [2.24, 2.45) is 0 Å². The van der Waals surface area contributed by atoms with Crippen molar-refractivity contribution in [1.82, 2.24) is 0 Å². The molecule has 4 nitrogen and oxygen atoms in total. The molecule has 0 spiro atoms. The van der Waals surface area contributed by atoms with Gasteiger partial charge in [0.25, 0.3) is 0 Å². The summed E-state index contributed by atoms with van der Waals surface area (Å²) < 4.78 is 23.6. The van der Waals surface area contributed by atoms with Crippen LogP contribution in [-0.4, -0.2) is 14.2 Å². The summed E-state index contributed by atoms with van der Waals surface area (Å²) in [7, 11) is 3.25. The van der Waals surface area contributed by atoms with E-state index in [4.69, 9.17) is 18.9 Å². The summed E-state index contributed by atoms with van der Waals surface area (Å²) in [6.45, 7) is 8.02. The fraction of sp³-hybridized carbons (Fsp3) is 0.185. The Morgan fingerprint density at radius 1 is 0.677 bits per heavy atom. The lowest BCUT2D eigenvalue weighted by atomic mass is 10.1. The van der Waals surface area contributed by atoms with Gasteiger partial charge in [0.15, 0.2) is 23.0 Å². The fourth-order valence-electron chi connectivity index (χ4n) is 3.22. The van der Waals surface area contributed by atoms with Gasteiger partial charge in [-0.25, -0.2) is 0 Å². The second-order valence-electron chi connectivity index (χ2n) is 6.97. The molecule has 3 aromatic carbocycles. The van der Waals surface area contributed by atoms with E-state index in [1.54, 1.807) is 14.2 Å². The Balaban J connectivity index is 1.99. The number of methoxy groups -OCH3 is 2. The van der Waals surface area contributed by atoms with E-state index in [2.05, 4.69) is 13.2 Å². The predicted molar refractivity (Wildman–Crippen MR) is 125 cm³/mol. The molecule has 3 aromatic rings.